The van der Waals surface area contributed by atoms with Crippen LogP contribution in [0, 0.1) is 0 Å². The topological polar surface area (TPSA) is 38.3 Å². The molecule has 0 bridgehead atoms. The van der Waals surface area contributed by atoms with Crippen LogP contribution in [0.5, 0.6) is 5.75 Å². The van der Waals surface area contributed by atoms with Gasteiger partial charge in [0.15, 0.2) is 5.78 Å². The van der Waals surface area contributed by atoms with Crippen LogP contribution < -0.4 is 10.1 Å². The van der Waals surface area contributed by atoms with Crippen molar-refractivity contribution in [2.75, 3.05) is 13.7 Å². The standard InChI is InChI=1S/C14H20BrNO2/c1-14(2,3)16-9-11(17)7-10-5-6-13(18-4)12(15)8-10/h5-6,8,16H,7,9H2,1-4H3. The molecule has 0 unspecified atom stereocenters. The zero-order valence-electron chi connectivity index (χ0n) is 11.3. The zero-order chi connectivity index (χ0) is 13.8. The Morgan fingerprint density at radius 1 is 1.39 bits per heavy atom. The lowest BCUT2D eigenvalue weighted by Crippen LogP contribution is -2.39. The number of nitrogens with one attached hydrogen (secondary N) is 1. The van der Waals surface area contributed by atoms with Crippen LogP contribution in [-0.4, -0.2) is 25.0 Å². The lowest BCUT2D eigenvalue weighted by Gasteiger charge is -2.19. The Morgan fingerprint density at radius 3 is 2.56 bits per heavy atom. The van der Waals surface area contributed by atoms with Gasteiger partial charge in [-0.2, -0.15) is 0 Å². The molecule has 18 heavy (non-hydrogen) atoms. The molecule has 0 aromatic heterocycles. The van der Waals surface area contributed by atoms with E-state index in [-0.39, 0.29) is 11.3 Å². The molecule has 100 valence electrons. The van der Waals surface area contributed by atoms with Crippen molar-refractivity contribution in [3.63, 3.8) is 0 Å². The third-order valence-corrected chi connectivity index (χ3v) is 3.05. The summed E-state index contributed by atoms with van der Waals surface area (Å²) in [5, 5.41) is 3.19. The average molecular weight is 314 g/mol. The Kier molecular flexibility index (Phi) is 5.35. The highest BCUT2D eigenvalue weighted by atomic mass is 79.9. The molecule has 0 aliphatic heterocycles. The summed E-state index contributed by atoms with van der Waals surface area (Å²) in [5.41, 5.74) is 0.958. The molecule has 1 aromatic carbocycles. The average Bonchev–Trinajstić information content (AvgIpc) is 2.26. The van der Waals surface area contributed by atoms with E-state index >= 15 is 0 Å². The van der Waals surface area contributed by atoms with Gasteiger partial charge in [-0.3, -0.25) is 4.79 Å². The summed E-state index contributed by atoms with van der Waals surface area (Å²) in [6.45, 7) is 6.53. The first-order valence-corrected chi connectivity index (χ1v) is 6.70. The van der Waals surface area contributed by atoms with Crippen LogP contribution in [0.1, 0.15) is 26.3 Å². The van der Waals surface area contributed by atoms with Gasteiger partial charge < -0.3 is 10.1 Å². The number of halogens is 1. The quantitative estimate of drug-likeness (QED) is 0.908. The van der Waals surface area contributed by atoms with Crippen LogP contribution in [0.2, 0.25) is 0 Å². The van der Waals surface area contributed by atoms with Crippen molar-refractivity contribution >= 4 is 21.7 Å². The van der Waals surface area contributed by atoms with E-state index in [1.54, 1.807) is 7.11 Å². The molecule has 1 N–H and O–H groups in total. The molecule has 0 fully saturated rings. The highest BCUT2D eigenvalue weighted by Gasteiger charge is 2.12. The fourth-order valence-corrected chi connectivity index (χ4v) is 2.06. The van der Waals surface area contributed by atoms with Crippen molar-refractivity contribution in [1.82, 2.24) is 5.32 Å². The van der Waals surface area contributed by atoms with Crippen LogP contribution in [0.25, 0.3) is 0 Å². The van der Waals surface area contributed by atoms with Gasteiger partial charge in [0.05, 0.1) is 18.1 Å². The van der Waals surface area contributed by atoms with Crippen molar-refractivity contribution in [3.05, 3.63) is 28.2 Å². The molecular formula is C14H20BrNO2. The molecule has 0 saturated heterocycles. The number of carbonyl (C=O) groups is 1. The first-order valence-electron chi connectivity index (χ1n) is 5.91. The van der Waals surface area contributed by atoms with E-state index in [9.17, 15) is 4.79 Å². The van der Waals surface area contributed by atoms with Gasteiger partial charge in [-0.15, -0.1) is 0 Å². The normalized spacial score (nSPS) is 11.4. The maximum atomic E-state index is 11.8. The first kappa shape index (κ1) is 15.2. The van der Waals surface area contributed by atoms with Gasteiger partial charge >= 0.3 is 0 Å². The number of benzene rings is 1. The van der Waals surface area contributed by atoms with Gasteiger partial charge in [0.1, 0.15) is 5.75 Å². The fourth-order valence-electron chi connectivity index (χ4n) is 1.47. The summed E-state index contributed by atoms with van der Waals surface area (Å²) in [4.78, 5) is 11.8. The Balaban J connectivity index is 2.57. The van der Waals surface area contributed by atoms with Gasteiger partial charge in [-0.25, -0.2) is 0 Å². The summed E-state index contributed by atoms with van der Waals surface area (Å²) < 4.78 is 6.03. The molecule has 0 amide bonds. The molecule has 0 aliphatic rings. The predicted octanol–water partition coefficient (Wildman–Crippen LogP) is 2.96. The molecule has 1 rings (SSSR count). The summed E-state index contributed by atoms with van der Waals surface area (Å²) in [5.74, 6) is 0.959. The highest BCUT2D eigenvalue weighted by molar-refractivity contribution is 9.10. The van der Waals surface area contributed by atoms with Crippen LogP contribution >= 0.6 is 15.9 Å². The van der Waals surface area contributed by atoms with Crippen molar-refractivity contribution < 1.29 is 9.53 Å². The minimum Gasteiger partial charge on any atom is -0.496 e. The number of hydrogen-bond donors (Lipinski definition) is 1. The van der Waals surface area contributed by atoms with Gasteiger partial charge in [-0.05, 0) is 54.4 Å². The maximum Gasteiger partial charge on any atom is 0.150 e. The van der Waals surface area contributed by atoms with Crippen LogP contribution in [0.15, 0.2) is 22.7 Å². The molecule has 3 nitrogen and oxygen atoms in total. The molecule has 0 atom stereocenters. The van der Waals surface area contributed by atoms with Gasteiger partial charge in [0, 0.05) is 12.0 Å². The van der Waals surface area contributed by atoms with E-state index in [2.05, 4.69) is 21.2 Å². The highest BCUT2D eigenvalue weighted by Crippen LogP contribution is 2.25. The largest absolute Gasteiger partial charge is 0.496 e. The first-order chi connectivity index (χ1) is 8.31. The number of carbonyl (C=O) groups excluding carboxylic acids is 1. The predicted molar refractivity (Wildman–Crippen MR) is 77.2 cm³/mol. The van der Waals surface area contributed by atoms with Gasteiger partial charge in [0.2, 0.25) is 0 Å². The second-order valence-electron chi connectivity index (χ2n) is 5.29. The minimum absolute atomic E-state index is 0.0316. The molecule has 0 heterocycles. The Hall–Kier alpha value is -0.870. The minimum atomic E-state index is -0.0316. The third-order valence-electron chi connectivity index (χ3n) is 2.43. The molecule has 0 saturated carbocycles. The number of methoxy groups -OCH3 is 1. The van der Waals surface area contributed by atoms with Crippen molar-refractivity contribution in [2.45, 2.75) is 32.7 Å². The van der Waals surface area contributed by atoms with Crippen LogP contribution in [0.4, 0.5) is 0 Å². The van der Waals surface area contributed by atoms with Crippen molar-refractivity contribution in [2.24, 2.45) is 0 Å². The third kappa shape index (κ3) is 5.19. The fraction of sp³-hybridized carbons (Fsp3) is 0.500. The van der Waals surface area contributed by atoms with E-state index in [0.717, 1.165) is 15.8 Å². The van der Waals surface area contributed by atoms with Crippen LogP contribution in [0.3, 0.4) is 0 Å². The molecule has 1 aromatic rings. The maximum absolute atomic E-state index is 11.8. The Labute approximate surface area is 117 Å². The molecule has 0 aliphatic carbocycles. The smallest absolute Gasteiger partial charge is 0.150 e. The number of rotatable bonds is 5. The van der Waals surface area contributed by atoms with Crippen molar-refractivity contribution in [1.29, 1.82) is 0 Å². The molecular weight excluding hydrogens is 294 g/mol. The summed E-state index contributed by atoms with van der Waals surface area (Å²) in [6.07, 6.45) is 0.436. The van der Waals surface area contributed by atoms with E-state index in [0.29, 0.717) is 13.0 Å². The number of ether oxygens (including phenoxy) is 1. The SMILES string of the molecule is COc1ccc(CC(=O)CNC(C)(C)C)cc1Br. The van der Waals surface area contributed by atoms with E-state index in [4.69, 9.17) is 4.74 Å². The van der Waals surface area contributed by atoms with E-state index in [1.807, 2.05) is 39.0 Å². The summed E-state index contributed by atoms with van der Waals surface area (Å²) >= 11 is 3.42. The molecule has 4 heteroatoms. The monoisotopic (exact) mass is 313 g/mol. The summed E-state index contributed by atoms with van der Waals surface area (Å²) in [6, 6.07) is 5.70. The second-order valence-corrected chi connectivity index (χ2v) is 6.14. The van der Waals surface area contributed by atoms with Crippen LogP contribution in [-0.2, 0) is 11.2 Å². The van der Waals surface area contributed by atoms with E-state index in [1.165, 1.54) is 0 Å². The zero-order valence-corrected chi connectivity index (χ0v) is 12.9. The summed E-state index contributed by atoms with van der Waals surface area (Å²) in [7, 11) is 1.62. The van der Waals surface area contributed by atoms with Gasteiger partial charge in [0.25, 0.3) is 0 Å². The molecule has 0 radical (unpaired) electrons. The second kappa shape index (κ2) is 6.34. The van der Waals surface area contributed by atoms with Crippen molar-refractivity contribution in [3.8, 4) is 5.75 Å². The molecule has 0 spiro atoms. The lowest BCUT2D eigenvalue weighted by atomic mass is 10.1. The lowest BCUT2D eigenvalue weighted by molar-refractivity contribution is -0.117. The number of hydrogen-bond acceptors (Lipinski definition) is 3. The van der Waals surface area contributed by atoms with E-state index < -0.39 is 0 Å². The number of Topliss-reactive ketones (excluding diaryl/α,β-unsaturated/α-hetero) is 1. The Bertz CT molecular complexity index is 424. The Morgan fingerprint density at radius 2 is 2.06 bits per heavy atom. The number of ketones is 1. The van der Waals surface area contributed by atoms with Gasteiger partial charge in [-0.1, -0.05) is 6.07 Å².